The molecule has 106 valence electrons. The minimum absolute atomic E-state index is 0.0227. The highest BCUT2D eigenvalue weighted by molar-refractivity contribution is 5.85. The molecule has 0 aliphatic rings. The van der Waals surface area contributed by atoms with Gasteiger partial charge < -0.3 is 9.84 Å². The van der Waals surface area contributed by atoms with E-state index in [1.807, 2.05) is 0 Å². The molecule has 0 saturated carbocycles. The number of nitrogens with zero attached hydrogens (tertiary/aromatic N) is 2. The number of rotatable bonds is 9. The van der Waals surface area contributed by atoms with Crippen LogP contribution in [0.4, 0.5) is 0 Å². The highest BCUT2D eigenvalue weighted by atomic mass is 16.5. The molecule has 19 heavy (non-hydrogen) atoms. The molecule has 0 atom stereocenters. The van der Waals surface area contributed by atoms with E-state index in [9.17, 15) is 4.79 Å². The Hall–Kier alpha value is -1.65. The average molecular weight is 266 g/mol. The molecule has 0 aliphatic heterocycles. The topological polar surface area (TPSA) is 72.3 Å². The van der Waals surface area contributed by atoms with Gasteiger partial charge in [-0.2, -0.15) is 4.98 Å². The van der Waals surface area contributed by atoms with Gasteiger partial charge >= 0.3 is 12.0 Å². The highest BCUT2D eigenvalue weighted by Gasteiger charge is 2.09. The van der Waals surface area contributed by atoms with Gasteiger partial charge in [-0.3, -0.25) is 0 Å². The van der Waals surface area contributed by atoms with Crippen LogP contribution < -0.4 is 4.74 Å². The molecule has 0 amide bonds. The summed E-state index contributed by atoms with van der Waals surface area (Å²) >= 11 is 0. The van der Waals surface area contributed by atoms with Crippen LogP contribution in [0.25, 0.3) is 0 Å². The predicted molar refractivity (Wildman–Crippen MR) is 72.6 cm³/mol. The van der Waals surface area contributed by atoms with Gasteiger partial charge in [-0.25, -0.2) is 9.78 Å². The first-order valence-electron chi connectivity index (χ1n) is 6.85. The standard InChI is InChI=1S/C14H22N2O3/c1-3-4-5-6-7-8-9-19-14-15-11(2)10-12(16-14)13(17)18/h10H,3-9H2,1-2H3,(H,17,18). The molecule has 0 spiro atoms. The molecule has 1 heterocycles. The van der Waals surface area contributed by atoms with Crippen molar-refractivity contribution in [2.24, 2.45) is 0 Å². The normalized spacial score (nSPS) is 10.4. The molecule has 0 unspecified atom stereocenters. The van der Waals surface area contributed by atoms with Gasteiger partial charge in [0.05, 0.1) is 6.61 Å². The maximum atomic E-state index is 10.8. The van der Waals surface area contributed by atoms with Crippen molar-refractivity contribution in [3.05, 3.63) is 17.5 Å². The fourth-order valence-electron chi connectivity index (χ4n) is 1.76. The lowest BCUT2D eigenvalue weighted by Crippen LogP contribution is -2.07. The van der Waals surface area contributed by atoms with Crippen LogP contribution in [-0.4, -0.2) is 27.7 Å². The quantitative estimate of drug-likeness (QED) is 0.695. The van der Waals surface area contributed by atoms with Crippen molar-refractivity contribution in [2.45, 2.75) is 52.4 Å². The Kier molecular flexibility index (Phi) is 6.85. The Bertz CT molecular complexity index is 408. The SMILES string of the molecule is CCCCCCCCOc1nc(C)cc(C(=O)O)n1. The second-order valence-electron chi connectivity index (χ2n) is 4.60. The Morgan fingerprint density at radius 1 is 1.21 bits per heavy atom. The van der Waals surface area contributed by atoms with Gasteiger partial charge in [0, 0.05) is 5.69 Å². The molecule has 1 aromatic heterocycles. The van der Waals surface area contributed by atoms with Crippen molar-refractivity contribution in [3.8, 4) is 6.01 Å². The van der Waals surface area contributed by atoms with Gasteiger partial charge in [-0.15, -0.1) is 0 Å². The molecule has 5 heteroatoms. The van der Waals surface area contributed by atoms with Gasteiger partial charge in [0.2, 0.25) is 0 Å². The average Bonchev–Trinajstić information content (AvgIpc) is 2.37. The fraction of sp³-hybridized carbons (Fsp3) is 0.643. The van der Waals surface area contributed by atoms with Gasteiger partial charge in [0.1, 0.15) is 0 Å². The van der Waals surface area contributed by atoms with Crippen LogP contribution in [0.3, 0.4) is 0 Å². The van der Waals surface area contributed by atoms with E-state index >= 15 is 0 Å². The third-order valence-corrected chi connectivity index (χ3v) is 2.78. The number of carboxylic acid groups (broad SMARTS) is 1. The molecule has 0 aromatic carbocycles. The van der Waals surface area contributed by atoms with Crippen molar-refractivity contribution >= 4 is 5.97 Å². The summed E-state index contributed by atoms with van der Waals surface area (Å²) in [5.74, 6) is -1.06. The molecular weight excluding hydrogens is 244 g/mol. The lowest BCUT2D eigenvalue weighted by molar-refractivity contribution is 0.0688. The minimum Gasteiger partial charge on any atom is -0.477 e. The second-order valence-corrected chi connectivity index (χ2v) is 4.60. The molecule has 0 saturated heterocycles. The van der Waals surface area contributed by atoms with Crippen molar-refractivity contribution in [3.63, 3.8) is 0 Å². The molecular formula is C14H22N2O3. The van der Waals surface area contributed by atoms with E-state index in [0.29, 0.717) is 12.3 Å². The maximum absolute atomic E-state index is 10.8. The number of aryl methyl sites for hydroxylation is 1. The van der Waals surface area contributed by atoms with E-state index in [0.717, 1.165) is 12.8 Å². The Labute approximate surface area is 114 Å². The smallest absolute Gasteiger partial charge is 0.354 e. The summed E-state index contributed by atoms with van der Waals surface area (Å²) < 4.78 is 5.40. The van der Waals surface area contributed by atoms with Crippen LogP contribution >= 0.6 is 0 Å². The third-order valence-electron chi connectivity index (χ3n) is 2.78. The maximum Gasteiger partial charge on any atom is 0.354 e. The van der Waals surface area contributed by atoms with Crippen LogP contribution in [0.5, 0.6) is 6.01 Å². The number of unbranched alkanes of at least 4 members (excludes halogenated alkanes) is 5. The second kappa shape index (κ2) is 8.45. The number of aromatic nitrogens is 2. The van der Waals surface area contributed by atoms with Crippen molar-refractivity contribution < 1.29 is 14.6 Å². The third kappa shape index (κ3) is 6.18. The lowest BCUT2D eigenvalue weighted by Gasteiger charge is -2.06. The van der Waals surface area contributed by atoms with Crippen LogP contribution in [0, 0.1) is 6.92 Å². The van der Waals surface area contributed by atoms with Gasteiger partial charge in [-0.1, -0.05) is 39.0 Å². The monoisotopic (exact) mass is 266 g/mol. The van der Waals surface area contributed by atoms with E-state index < -0.39 is 5.97 Å². The molecule has 0 fully saturated rings. The Morgan fingerprint density at radius 3 is 2.58 bits per heavy atom. The van der Waals surface area contributed by atoms with Gasteiger partial charge in [-0.05, 0) is 19.4 Å². The van der Waals surface area contributed by atoms with Crippen LogP contribution in [0.1, 0.15) is 61.6 Å². The van der Waals surface area contributed by atoms with E-state index in [4.69, 9.17) is 9.84 Å². The summed E-state index contributed by atoms with van der Waals surface area (Å²) in [6.07, 6.45) is 7.07. The number of ether oxygens (including phenoxy) is 1. The van der Waals surface area contributed by atoms with E-state index in [2.05, 4.69) is 16.9 Å². The first-order valence-corrected chi connectivity index (χ1v) is 6.85. The Balaban J connectivity index is 2.31. The van der Waals surface area contributed by atoms with Crippen LogP contribution in [0.15, 0.2) is 6.07 Å². The first-order chi connectivity index (χ1) is 9.13. The largest absolute Gasteiger partial charge is 0.477 e. The van der Waals surface area contributed by atoms with Crippen molar-refractivity contribution in [1.82, 2.24) is 9.97 Å². The molecule has 0 radical (unpaired) electrons. The first kappa shape index (κ1) is 15.4. The fourth-order valence-corrected chi connectivity index (χ4v) is 1.76. The number of aromatic carboxylic acids is 1. The summed E-state index contributed by atoms with van der Waals surface area (Å²) in [6, 6.07) is 1.59. The van der Waals surface area contributed by atoms with Gasteiger partial charge in [0.15, 0.2) is 5.69 Å². The number of hydrogen-bond donors (Lipinski definition) is 1. The molecule has 0 aliphatic carbocycles. The summed E-state index contributed by atoms with van der Waals surface area (Å²) in [7, 11) is 0. The zero-order chi connectivity index (χ0) is 14.1. The Morgan fingerprint density at radius 2 is 1.89 bits per heavy atom. The minimum atomic E-state index is -1.06. The zero-order valence-corrected chi connectivity index (χ0v) is 11.7. The van der Waals surface area contributed by atoms with Crippen molar-refractivity contribution in [1.29, 1.82) is 0 Å². The number of carbonyl (C=O) groups is 1. The van der Waals surface area contributed by atoms with Crippen molar-refractivity contribution in [2.75, 3.05) is 6.61 Å². The molecule has 1 N–H and O–H groups in total. The molecule has 1 rings (SSSR count). The summed E-state index contributed by atoms with van der Waals surface area (Å²) in [5.41, 5.74) is 0.579. The van der Waals surface area contributed by atoms with E-state index in [1.165, 1.54) is 31.7 Å². The van der Waals surface area contributed by atoms with Crippen LogP contribution in [-0.2, 0) is 0 Å². The number of carboxylic acids is 1. The summed E-state index contributed by atoms with van der Waals surface area (Å²) in [4.78, 5) is 18.8. The number of hydrogen-bond acceptors (Lipinski definition) is 4. The predicted octanol–water partition coefficient (Wildman–Crippen LogP) is 3.22. The highest BCUT2D eigenvalue weighted by Crippen LogP contribution is 2.09. The summed E-state index contributed by atoms with van der Waals surface area (Å²) in [5, 5.41) is 8.88. The molecule has 0 bridgehead atoms. The lowest BCUT2D eigenvalue weighted by atomic mass is 10.1. The molecule has 5 nitrogen and oxygen atoms in total. The zero-order valence-electron chi connectivity index (χ0n) is 11.7. The van der Waals surface area contributed by atoms with Crippen LogP contribution in [0.2, 0.25) is 0 Å². The summed E-state index contributed by atoms with van der Waals surface area (Å²) in [6.45, 7) is 4.46. The van der Waals surface area contributed by atoms with E-state index in [1.54, 1.807) is 6.92 Å². The molecule has 1 aromatic rings. The van der Waals surface area contributed by atoms with E-state index in [-0.39, 0.29) is 11.7 Å². The van der Waals surface area contributed by atoms with Gasteiger partial charge in [0.25, 0.3) is 0 Å².